The molecule has 0 saturated heterocycles. The quantitative estimate of drug-likeness (QED) is 0.885. The number of methoxy groups -OCH3 is 1. The Bertz CT molecular complexity index is 630. The van der Waals surface area contributed by atoms with Crippen molar-refractivity contribution in [2.75, 3.05) is 14.2 Å². The topological polar surface area (TPSA) is 54.3 Å². The first kappa shape index (κ1) is 14.9. The van der Waals surface area contributed by atoms with Gasteiger partial charge in [0.2, 0.25) is 0 Å². The molecule has 0 radical (unpaired) electrons. The molecule has 0 aliphatic carbocycles. The molecular formula is C17H18N2O2. The van der Waals surface area contributed by atoms with Crippen molar-refractivity contribution < 1.29 is 9.47 Å². The molecule has 21 heavy (non-hydrogen) atoms. The van der Waals surface area contributed by atoms with Crippen molar-refractivity contribution in [3.8, 4) is 17.6 Å². The molecule has 0 spiro atoms. The highest BCUT2D eigenvalue weighted by atomic mass is 16.5. The zero-order valence-corrected chi connectivity index (χ0v) is 12.2. The Balaban J connectivity index is 2.16. The third kappa shape index (κ3) is 3.74. The summed E-state index contributed by atoms with van der Waals surface area (Å²) >= 11 is 0. The van der Waals surface area contributed by atoms with E-state index in [-0.39, 0.29) is 0 Å². The van der Waals surface area contributed by atoms with E-state index in [2.05, 4.69) is 11.4 Å². The van der Waals surface area contributed by atoms with Crippen LogP contribution in [0.15, 0.2) is 42.5 Å². The normalized spacial score (nSPS) is 9.95. The first-order valence-electron chi connectivity index (χ1n) is 6.70. The van der Waals surface area contributed by atoms with Gasteiger partial charge in [-0.25, -0.2) is 0 Å². The molecule has 2 aromatic rings. The highest BCUT2D eigenvalue weighted by molar-refractivity contribution is 5.46. The van der Waals surface area contributed by atoms with Crippen molar-refractivity contribution in [3.63, 3.8) is 0 Å². The van der Waals surface area contributed by atoms with E-state index in [1.807, 2.05) is 37.4 Å². The molecule has 0 aliphatic rings. The van der Waals surface area contributed by atoms with Gasteiger partial charge < -0.3 is 14.8 Å². The van der Waals surface area contributed by atoms with E-state index in [0.717, 1.165) is 22.6 Å². The van der Waals surface area contributed by atoms with Gasteiger partial charge >= 0.3 is 0 Å². The van der Waals surface area contributed by atoms with Gasteiger partial charge in [0.05, 0.1) is 18.7 Å². The molecule has 0 aromatic heterocycles. The molecule has 0 atom stereocenters. The molecule has 2 aromatic carbocycles. The van der Waals surface area contributed by atoms with Crippen LogP contribution in [0.2, 0.25) is 0 Å². The van der Waals surface area contributed by atoms with E-state index >= 15 is 0 Å². The molecule has 2 rings (SSSR count). The SMILES string of the molecule is CNCc1cccc(OC)c1OCc1ccc(C#N)cc1. The fourth-order valence-electron chi connectivity index (χ4n) is 2.05. The molecule has 0 fully saturated rings. The predicted octanol–water partition coefficient (Wildman–Crippen LogP) is 2.87. The van der Waals surface area contributed by atoms with Gasteiger partial charge in [-0.15, -0.1) is 0 Å². The average molecular weight is 282 g/mol. The first-order chi connectivity index (χ1) is 10.3. The average Bonchev–Trinajstić information content (AvgIpc) is 2.54. The van der Waals surface area contributed by atoms with E-state index in [9.17, 15) is 0 Å². The summed E-state index contributed by atoms with van der Waals surface area (Å²) in [6, 6.07) is 15.3. The van der Waals surface area contributed by atoms with Crippen LogP contribution in [0, 0.1) is 11.3 Å². The third-order valence-corrected chi connectivity index (χ3v) is 3.11. The Kier molecular flexibility index (Phi) is 5.19. The zero-order chi connectivity index (χ0) is 15.1. The zero-order valence-electron chi connectivity index (χ0n) is 12.2. The van der Waals surface area contributed by atoms with Crippen molar-refractivity contribution >= 4 is 0 Å². The minimum atomic E-state index is 0.433. The molecule has 0 saturated carbocycles. The van der Waals surface area contributed by atoms with Gasteiger partial charge in [-0.3, -0.25) is 0 Å². The van der Waals surface area contributed by atoms with Crippen LogP contribution in [-0.2, 0) is 13.2 Å². The maximum absolute atomic E-state index is 8.80. The molecular weight excluding hydrogens is 264 g/mol. The number of hydrogen-bond donors (Lipinski definition) is 1. The Morgan fingerprint density at radius 1 is 1.14 bits per heavy atom. The van der Waals surface area contributed by atoms with Gasteiger partial charge in [0.15, 0.2) is 11.5 Å². The number of nitrogens with zero attached hydrogens (tertiary/aromatic N) is 1. The van der Waals surface area contributed by atoms with Gasteiger partial charge in [0.1, 0.15) is 6.61 Å². The molecule has 0 aliphatic heterocycles. The van der Waals surface area contributed by atoms with Crippen molar-refractivity contribution in [2.24, 2.45) is 0 Å². The standard InChI is InChI=1S/C17H18N2O2/c1-19-11-15-4-3-5-16(20-2)17(15)21-12-14-8-6-13(10-18)7-9-14/h3-9,19H,11-12H2,1-2H3. The van der Waals surface area contributed by atoms with Gasteiger partial charge in [-0.1, -0.05) is 24.3 Å². The van der Waals surface area contributed by atoms with Crippen molar-refractivity contribution in [2.45, 2.75) is 13.2 Å². The molecule has 1 N–H and O–H groups in total. The van der Waals surface area contributed by atoms with E-state index in [0.29, 0.717) is 18.7 Å². The highest BCUT2D eigenvalue weighted by Gasteiger charge is 2.10. The van der Waals surface area contributed by atoms with Crippen LogP contribution in [0.25, 0.3) is 0 Å². The predicted molar refractivity (Wildman–Crippen MR) is 81.2 cm³/mol. The van der Waals surface area contributed by atoms with Crippen LogP contribution in [-0.4, -0.2) is 14.2 Å². The number of rotatable bonds is 6. The lowest BCUT2D eigenvalue weighted by Crippen LogP contribution is -2.08. The summed E-state index contributed by atoms with van der Waals surface area (Å²) in [4.78, 5) is 0. The van der Waals surface area contributed by atoms with Gasteiger partial charge in [0.25, 0.3) is 0 Å². The number of ether oxygens (including phenoxy) is 2. The minimum absolute atomic E-state index is 0.433. The van der Waals surface area contributed by atoms with Crippen LogP contribution in [0.1, 0.15) is 16.7 Å². The number of nitriles is 1. The Morgan fingerprint density at radius 2 is 1.90 bits per heavy atom. The van der Waals surface area contributed by atoms with E-state index in [4.69, 9.17) is 14.7 Å². The molecule has 108 valence electrons. The second-order valence-electron chi connectivity index (χ2n) is 4.58. The molecule has 4 heteroatoms. The summed E-state index contributed by atoms with van der Waals surface area (Å²) in [6.45, 7) is 1.14. The summed E-state index contributed by atoms with van der Waals surface area (Å²) in [5.41, 5.74) is 2.70. The van der Waals surface area contributed by atoms with Crippen molar-refractivity contribution in [1.29, 1.82) is 5.26 Å². The molecule has 0 bridgehead atoms. The van der Waals surface area contributed by atoms with Crippen LogP contribution in [0.3, 0.4) is 0 Å². The fourth-order valence-corrected chi connectivity index (χ4v) is 2.05. The van der Waals surface area contributed by atoms with Gasteiger partial charge in [0, 0.05) is 12.1 Å². The summed E-state index contributed by atoms with van der Waals surface area (Å²) in [5.74, 6) is 1.47. The maximum Gasteiger partial charge on any atom is 0.166 e. The maximum atomic E-state index is 8.80. The molecule has 0 heterocycles. The van der Waals surface area contributed by atoms with E-state index < -0.39 is 0 Å². The summed E-state index contributed by atoms with van der Waals surface area (Å²) in [5, 5.41) is 11.9. The molecule has 0 amide bonds. The lowest BCUT2D eigenvalue weighted by atomic mass is 10.1. The van der Waals surface area contributed by atoms with Crippen molar-refractivity contribution in [1.82, 2.24) is 5.32 Å². The minimum Gasteiger partial charge on any atom is -0.493 e. The molecule has 4 nitrogen and oxygen atoms in total. The fraction of sp³-hybridized carbons (Fsp3) is 0.235. The smallest absolute Gasteiger partial charge is 0.166 e. The van der Waals surface area contributed by atoms with Crippen LogP contribution < -0.4 is 14.8 Å². The summed E-state index contributed by atoms with van der Waals surface area (Å²) < 4.78 is 11.3. The lowest BCUT2D eigenvalue weighted by molar-refractivity contribution is 0.281. The number of hydrogen-bond acceptors (Lipinski definition) is 4. The van der Waals surface area contributed by atoms with Gasteiger partial charge in [-0.05, 0) is 30.8 Å². The highest BCUT2D eigenvalue weighted by Crippen LogP contribution is 2.31. The van der Waals surface area contributed by atoms with Gasteiger partial charge in [-0.2, -0.15) is 5.26 Å². The largest absolute Gasteiger partial charge is 0.493 e. The summed E-state index contributed by atoms with van der Waals surface area (Å²) in [6.07, 6.45) is 0. The van der Waals surface area contributed by atoms with Crippen molar-refractivity contribution in [3.05, 3.63) is 59.2 Å². The monoisotopic (exact) mass is 282 g/mol. The number of nitrogens with one attached hydrogen (secondary N) is 1. The van der Waals surface area contributed by atoms with Crippen LogP contribution >= 0.6 is 0 Å². The Labute approximate surface area is 124 Å². The lowest BCUT2D eigenvalue weighted by Gasteiger charge is -2.15. The third-order valence-electron chi connectivity index (χ3n) is 3.11. The first-order valence-corrected chi connectivity index (χ1v) is 6.70. The summed E-state index contributed by atoms with van der Waals surface area (Å²) in [7, 11) is 3.52. The second kappa shape index (κ2) is 7.32. The molecule has 0 unspecified atom stereocenters. The van der Waals surface area contributed by atoms with E-state index in [1.54, 1.807) is 19.2 Å². The Morgan fingerprint density at radius 3 is 2.52 bits per heavy atom. The van der Waals surface area contributed by atoms with Crippen LogP contribution in [0.4, 0.5) is 0 Å². The van der Waals surface area contributed by atoms with E-state index in [1.165, 1.54) is 0 Å². The number of benzene rings is 2. The Hall–Kier alpha value is -2.51. The van der Waals surface area contributed by atoms with Crippen LogP contribution in [0.5, 0.6) is 11.5 Å². The number of para-hydroxylation sites is 1. The second-order valence-corrected chi connectivity index (χ2v) is 4.58.